The average Bonchev–Trinajstić information content (AvgIpc) is 2.82. The molecule has 1 aromatic rings. The van der Waals surface area contributed by atoms with Gasteiger partial charge in [-0.15, -0.1) is 0 Å². The lowest BCUT2D eigenvalue weighted by molar-refractivity contribution is 0.395. The molecule has 0 spiro atoms. The fourth-order valence-electron chi connectivity index (χ4n) is 2.22. The molecule has 0 unspecified atom stereocenters. The van der Waals surface area contributed by atoms with E-state index in [1.165, 1.54) is 17.5 Å². The predicted molar refractivity (Wildman–Crippen MR) is 70.7 cm³/mol. The van der Waals surface area contributed by atoms with Gasteiger partial charge in [-0.3, -0.25) is 0 Å². The van der Waals surface area contributed by atoms with Crippen LogP contribution < -0.4 is 4.74 Å². The maximum Gasteiger partial charge on any atom is 0.246 e. The number of benzene rings is 1. The minimum absolute atomic E-state index is 0.164. The molecule has 0 amide bonds. The molecule has 0 N–H and O–H groups in total. The molecule has 1 aliphatic heterocycles. The van der Waals surface area contributed by atoms with Crippen molar-refractivity contribution >= 4 is 21.6 Å². The summed E-state index contributed by atoms with van der Waals surface area (Å²) in [4.78, 5) is 0.164. The minimum atomic E-state index is -3.50. The molecule has 1 saturated heterocycles. The van der Waals surface area contributed by atoms with E-state index in [4.69, 9.17) is 16.3 Å². The lowest BCUT2D eigenvalue weighted by Crippen LogP contribution is -2.28. The van der Waals surface area contributed by atoms with Gasteiger partial charge in [0.25, 0.3) is 0 Å². The highest BCUT2D eigenvalue weighted by molar-refractivity contribution is 7.89. The van der Waals surface area contributed by atoms with Crippen LogP contribution in [0, 0.1) is 6.92 Å². The van der Waals surface area contributed by atoms with E-state index in [2.05, 4.69) is 0 Å². The summed E-state index contributed by atoms with van der Waals surface area (Å²) in [5.41, 5.74) is 0.725. The molecule has 4 nitrogen and oxygen atoms in total. The Labute approximate surface area is 113 Å². The van der Waals surface area contributed by atoms with Crippen LogP contribution in [-0.4, -0.2) is 32.9 Å². The average molecular weight is 290 g/mol. The van der Waals surface area contributed by atoms with Gasteiger partial charge in [-0.1, -0.05) is 11.6 Å². The van der Waals surface area contributed by atoms with Gasteiger partial charge >= 0.3 is 0 Å². The van der Waals surface area contributed by atoms with E-state index in [1.807, 2.05) is 0 Å². The van der Waals surface area contributed by atoms with E-state index in [0.29, 0.717) is 23.9 Å². The van der Waals surface area contributed by atoms with Crippen LogP contribution >= 0.6 is 11.6 Å². The second-order valence-corrected chi connectivity index (χ2v) is 6.71. The molecule has 1 aliphatic rings. The number of hydrogen-bond donors (Lipinski definition) is 0. The Morgan fingerprint density at radius 3 is 2.44 bits per heavy atom. The minimum Gasteiger partial charge on any atom is -0.495 e. The van der Waals surface area contributed by atoms with Gasteiger partial charge in [0.1, 0.15) is 10.6 Å². The second-order valence-electron chi connectivity index (χ2n) is 4.37. The molecule has 0 aromatic heterocycles. The van der Waals surface area contributed by atoms with E-state index in [0.717, 1.165) is 18.4 Å². The highest BCUT2D eigenvalue weighted by Gasteiger charge is 2.30. The standard InChI is InChI=1S/C12H16ClNO3S/c1-9-7-10(13)8-11(12(9)17-2)18(15,16)14-5-3-4-6-14/h7-8H,3-6H2,1-2H3. The summed E-state index contributed by atoms with van der Waals surface area (Å²) < 4.78 is 31.7. The van der Waals surface area contributed by atoms with Crippen molar-refractivity contribution in [2.45, 2.75) is 24.7 Å². The molecule has 0 aliphatic carbocycles. The predicted octanol–water partition coefficient (Wildman–Crippen LogP) is 2.44. The topological polar surface area (TPSA) is 46.6 Å². The van der Waals surface area contributed by atoms with Crippen LogP contribution in [0.2, 0.25) is 5.02 Å². The van der Waals surface area contributed by atoms with Crippen molar-refractivity contribution < 1.29 is 13.2 Å². The highest BCUT2D eigenvalue weighted by Crippen LogP contribution is 2.34. The molecule has 0 saturated carbocycles. The van der Waals surface area contributed by atoms with Gasteiger partial charge in [0.05, 0.1) is 7.11 Å². The normalized spacial score (nSPS) is 17.1. The van der Waals surface area contributed by atoms with Crippen molar-refractivity contribution in [1.82, 2.24) is 4.31 Å². The number of halogens is 1. The van der Waals surface area contributed by atoms with E-state index in [9.17, 15) is 8.42 Å². The third-order valence-electron chi connectivity index (χ3n) is 3.09. The molecule has 100 valence electrons. The molecule has 1 heterocycles. The van der Waals surface area contributed by atoms with Crippen LogP contribution in [0.3, 0.4) is 0 Å². The van der Waals surface area contributed by atoms with Gasteiger partial charge < -0.3 is 4.74 Å². The van der Waals surface area contributed by atoms with Crippen molar-refractivity contribution in [2.24, 2.45) is 0 Å². The largest absolute Gasteiger partial charge is 0.495 e. The van der Waals surface area contributed by atoms with Crippen molar-refractivity contribution in [3.05, 3.63) is 22.7 Å². The first kappa shape index (κ1) is 13.6. The van der Waals surface area contributed by atoms with Gasteiger partial charge in [-0.2, -0.15) is 4.31 Å². The Kier molecular flexibility index (Phi) is 3.84. The summed E-state index contributed by atoms with van der Waals surface area (Å²) in [5, 5.41) is 0.408. The SMILES string of the molecule is COc1c(C)cc(Cl)cc1S(=O)(=O)N1CCCC1. The van der Waals surface area contributed by atoms with Crippen LogP contribution in [0.25, 0.3) is 0 Å². The van der Waals surface area contributed by atoms with Crippen LogP contribution in [0.4, 0.5) is 0 Å². The molecule has 1 fully saturated rings. The van der Waals surface area contributed by atoms with Crippen molar-refractivity contribution in [2.75, 3.05) is 20.2 Å². The summed E-state index contributed by atoms with van der Waals surface area (Å²) in [7, 11) is -2.03. The fraction of sp³-hybridized carbons (Fsp3) is 0.500. The first-order chi connectivity index (χ1) is 8.46. The Morgan fingerprint density at radius 2 is 1.89 bits per heavy atom. The molecule has 0 radical (unpaired) electrons. The van der Waals surface area contributed by atoms with E-state index in [-0.39, 0.29) is 4.90 Å². The summed E-state index contributed by atoms with van der Waals surface area (Å²) in [5.74, 6) is 0.381. The molecule has 1 aromatic carbocycles. The van der Waals surface area contributed by atoms with E-state index >= 15 is 0 Å². The third kappa shape index (κ3) is 2.35. The maximum absolute atomic E-state index is 12.5. The summed E-state index contributed by atoms with van der Waals surface area (Å²) in [6.45, 7) is 2.92. The Morgan fingerprint density at radius 1 is 1.28 bits per heavy atom. The summed E-state index contributed by atoms with van der Waals surface area (Å²) in [6, 6.07) is 3.16. The van der Waals surface area contributed by atoms with E-state index in [1.54, 1.807) is 13.0 Å². The van der Waals surface area contributed by atoms with Gasteiger partial charge in [-0.05, 0) is 37.5 Å². The second kappa shape index (κ2) is 5.07. The number of rotatable bonds is 3. The van der Waals surface area contributed by atoms with Crippen LogP contribution in [-0.2, 0) is 10.0 Å². The zero-order valence-electron chi connectivity index (χ0n) is 10.4. The Bertz CT molecular complexity index is 551. The number of sulfonamides is 1. The molecular weight excluding hydrogens is 274 g/mol. The maximum atomic E-state index is 12.5. The quantitative estimate of drug-likeness (QED) is 0.859. The first-order valence-corrected chi connectivity index (χ1v) is 7.63. The molecule has 0 bridgehead atoms. The summed E-state index contributed by atoms with van der Waals surface area (Å²) in [6.07, 6.45) is 1.81. The summed E-state index contributed by atoms with van der Waals surface area (Å²) >= 11 is 5.95. The Hall–Kier alpha value is -0.780. The smallest absolute Gasteiger partial charge is 0.246 e. The fourth-order valence-corrected chi connectivity index (χ4v) is 4.33. The molecule has 6 heteroatoms. The lowest BCUT2D eigenvalue weighted by atomic mass is 10.2. The van der Waals surface area contributed by atoms with Gasteiger partial charge in [-0.25, -0.2) is 8.42 Å². The Balaban J connectivity index is 2.55. The zero-order chi connectivity index (χ0) is 13.3. The first-order valence-electron chi connectivity index (χ1n) is 5.81. The van der Waals surface area contributed by atoms with E-state index < -0.39 is 10.0 Å². The number of nitrogens with zero attached hydrogens (tertiary/aromatic N) is 1. The third-order valence-corrected chi connectivity index (χ3v) is 5.21. The van der Waals surface area contributed by atoms with Crippen LogP contribution in [0.5, 0.6) is 5.75 Å². The number of aryl methyl sites for hydroxylation is 1. The van der Waals surface area contributed by atoms with Crippen LogP contribution in [0.15, 0.2) is 17.0 Å². The monoisotopic (exact) mass is 289 g/mol. The molecule has 18 heavy (non-hydrogen) atoms. The van der Waals surface area contributed by atoms with Crippen molar-refractivity contribution in [3.63, 3.8) is 0 Å². The van der Waals surface area contributed by atoms with Crippen LogP contribution in [0.1, 0.15) is 18.4 Å². The molecule has 2 rings (SSSR count). The number of hydrogen-bond acceptors (Lipinski definition) is 3. The van der Waals surface area contributed by atoms with Gasteiger partial charge in [0, 0.05) is 18.1 Å². The van der Waals surface area contributed by atoms with Crippen molar-refractivity contribution in [1.29, 1.82) is 0 Å². The molecular formula is C12H16ClNO3S. The molecule has 0 atom stereocenters. The number of methoxy groups -OCH3 is 1. The lowest BCUT2D eigenvalue weighted by Gasteiger charge is -2.19. The highest BCUT2D eigenvalue weighted by atomic mass is 35.5. The zero-order valence-corrected chi connectivity index (χ0v) is 12.0. The van der Waals surface area contributed by atoms with Crippen molar-refractivity contribution in [3.8, 4) is 5.75 Å². The van der Waals surface area contributed by atoms with Gasteiger partial charge in [0.15, 0.2) is 0 Å². The van der Waals surface area contributed by atoms with Gasteiger partial charge in [0.2, 0.25) is 10.0 Å². The number of ether oxygens (including phenoxy) is 1.